The molecule has 3 rings (SSSR count). The molecule has 8 nitrogen and oxygen atoms in total. The molecule has 1 aromatic carbocycles. The van der Waals surface area contributed by atoms with Crippen molar-refractivity contribution in [2.24, 2.45) is 0 Å². The number of hydrogen-bond acceptors (Lipinski definition) is 6. The Balaban J connectivity index is 1.47. The summed E-state index contributed by atoms with van der Waals surface area (Å²) < 4.78 is 16.3. The number of benzene rings is 1. The molecule has 0 unspecified atom stereocenters. The molecular weight excluding hydrogens is 348 g/mol. The molecule has 1 N–H and O–H groups in total. The van der Waals surface area contributed by atoms with Crippen molar-refractivity contribution in [2.45, 2.75) is 25.9 Å². The van der Waals surface area contributed by atoms with Gasteiger partial charge in [-0.2, -0.15) is 4.98 Å². The minimum Gasteiger partial charge on any atom is -0.494 e. The van der Waals surface area contributed by atoms with Crippen molar-refractivity contribution < 1.29 is 19.0 Å². The lowest BCUT2D eigenvalue weighted by molar-refractivity contribution is 0.110. The third-order valence-corrected chi connectivity index (χ3v) is 4.22. The summed E-state index contributed by atoms with van der Waals surface area (Å²) in [4.78, 5) is 22.3. The van der Waals surface area contributed by atoms with Gasteiger partial charge in [0.25, 0.3) is 0 Å². The van der Waals surface area contributed by atoms with Gasteiger partial charge in [0.05, 0.1) is 13.7 Å². The Kier molecular flexibility index (Phi) is 6.30. The number of methoxy groups -OCH3 is 1. The Labute approximate surface area is 158 Å². The number of amides is 2. The number of anilines is 1. The van der Waals surface area contributed by atoms with Crippen molar-refractivity contribution in [3.8, 4) is 17.6 Å². The number of likely N-dealkylation sites (tertiary alicyclic amines) is 1. The maximum atomic E-state index is 12.4. The van der Waals surface area contributed by atoms with E-state index in [4.69, 9.17) is 14.2 Å². The molecule has 0 radical (unpaired) electrons. The number of hydrogen-bond donors (Lipinski definition) is 1. The first-order chi connectivity index (χ1) is 13.2. The smallest absolute Gasteiger partial charge is 0.321 e. The molecule has 1 aromatic heterocycles. The predicted molar refractivity (Wildman–Crippen MR) is 100 cm³/mol. The van der Waals surface area contributed by atoms with Crippen LogP contribution < -0.4 is 19.5 Å². The molecule has 1 fully saturated rings. The van der Waals surface area contributed by atoms with Crippen LogP contribution in [0.3, 0.4) is 0 Å². The molecule has 0 atom stereocenters. The Hall–Kier alpha value is -3.03. The second-order valence-corrected chi connectivity index (χ2v) is 6.07. The molecule has 0 bridgehead atoms. The fourth-order valence-electron chi connectivity index (χ4n) is 2.84. The second-order valence-electron chi connectivity index (χ2n) is 6.07. The van der Waals surface area contributed by atoms with E-state index in [9.17, 15) is 4.79 Å². The third-order valence-electron chi connectivity index (χ3n) is 4.22. The van der Waals surface area contributed by atoms with Crippen molar-refractivity contribution in [1.82, 2.24) is 14.9 Å². The minimum absolute atomic E-state index is 0.0131. The van der Waals surface area contributed by atoms with Crippen molar-refractivity contribution in [3.05, 3.63) is 36.5 Å². The highest BCUT2D eigenvalue weighted by atomic mass is 16.5. The highest BCUT2D eigenvalue weighted by Gasteiger charge is 2.24. The van der Waals surface area contributed by atoms with Crippen LogP contribution in [0.25, 0.3) is 0 Å². The average Bonchev–Trinajstić information content (AvgIpc) is 2.70. The lowest BCUT2D eigenvalue weighted by Crippen LogP contribution is -2.43. The monoisotopic (exact) mass is 372 g/mol. The van der Waals surface area contributed by atoms with Crippen molar-refractivity contribution >= 4 is 11.7 Å². The van der Waals surface area contributed by atoms with Gasteiger partial charge < -0.3 is 24.4 Å². The van der Waals surface area contributed by atoms with Gasteiger partial charge in [0.1, 0.15) is 11.9 Å². The quantitative estimate of drug-likeness (QED) is 0.839. The van der Waals surface area contributed by atoms with E-state index in [1.54, 1.807) is 17.2 Å². The highest BCUT2D eigenvalue weighted by molar-refractivity contribution is 5.89. The van der Waals surface area contributed by atoms with Gasteiger partial charge in [-0.25, -0.2) is 9.78 Å². The van der Waals surface area contributed by atoms with Gasteiger partial charge in [-0.05, 0) is 31.2 Å². The van der Waals surface area contributed by atoms with E-state index in [0.29, 0.717) is 25.6 Å². The molecule has 2 amide bonds. The summed E-state index contributed by atoms with van der Waals surface area (Å²) in [6.07, 6.45) is 3.09. The van der Waals surface area contributed by atoms with Crippen molar-refractivity contribution in [2.75, 3.05) is 32.1 Å². The van der Waals surface area contributed by atoms with Crippen molar-refractivity contribution in [3.63, 3.8) is 0 Å². The van der Waals surface area contributed by atoms with Gasteiger partial charge in [-0.3, -0.25) is 0 Å². The summed E-state index contributed by atoms with van der Waals surface area (Å²) in [6.45, 7) is 3.79. The lowest BCUT2D eigenvalue weighted by Gasteiger charge is -2.31. The number of ether oxygens (including phenoxy) is 3. The highest BCUT2D eigenvalue weighted by Crippen LogP contribution is 2.20. The largest absolute Gasteiger partial charge is 0.494 e. The maximum absolute atomic E-state index is 12.4. The zero-order valence-corrected chi connectivity index (χ0v) is 15.6. The number of nitrogens with zero attached hydrogens (tertiary/aromatic N) is 3. The van der Waals surface area contributed by atoms with Crippen LogP contribution in [-0.4, -0.2) is 53.8 Å². The second kappa shape index (κ2) is 9.07. The van der Waals surface area contributed by atoms with E-state index in [1.807, 2.05) is 31.2 Å². The van der Waals surface area contributed by atoms with E-state index < -0.39 is 0 Å². The first-order valence-electron chi connectivity index (χ1n) is 9.00. The van der Waals surface area contributed by atoms with Crippen LogP contribution >= 0.6 is 0 Å². The zero-order valence-electron chi connectivity index (χ0n) is 15.6. The number of carbonyl (C=O) groups is 1. The molecule has 2 heterocycles. The minimum atomic E-state index is -0.110. The van der Waals surface area contributed by atoms with Gasteiger partial charge in [0.2, 0.25) is 5.88 Å². The molecule has 1 saturated heterocycles. The van der Waals surface area contributed by atoms with E-state index in [0.717, 1.165) is 24.3 Å². The molecule has 0 spiro atoms. The fraction of sp³-hybridized carbons (Fsp3) is 0.421. The first-order valence-corrected chi connectivity index (χ1v) is 9.00. The maximum Gasteiger partial charge on any atom is 0.321 e. The van der Waals surface area contributed by atoms with Crippen LogP contribution in [0.4, 0.5) is 10.5 Å². The van der Waals surface area contributed by atoms with Gasteiger partial charge >= 0.3 is 12.0 Å². The van der Waals surface area contributed by atoms with Gasteiger partial charge in [-0.15, -0.1) is 0 Å². The summed E-state index contributed by atoms with van der Waals surface area (Å²) in [5, 5.41) is 2.91. The Morgan fingerprint density at radius 2 is 1.96 bits per heavy atom. The van der Waals surface area contributed by atoms with E-state index >= 15 is 0 Å². The van der Waals surface area contributed by atoms with Crippen LogP contribution in [0.15, 0.2) is 36.5 Å². The summed E-state index contributed by atoms with van der Waals surface area (Å²) >= 11 is 0. The zero-order chi connectivity index (χ0) is 19.1. The van der Waals surface area contributed by atoms with E-state index in [1.165, 1.54) is 7.11 Å². The molecule has 1 aliphatic rings. The molecule has 144 valence electrons. The van der Waals surface area contributed by atoms with Crippen LogP contribution in [-0.2, 0) is 0 Å². The first kappa shape index (κ1) is 18.8. The van der Waals surface area contributed by atoms with E-state index in [-0.39, 0.29) is 18.1 Å². The number of rotatable bonds is 6. The number of carbonyl (C=O) groups excluding carboxylic acids is 1. The van der Waals surface area contributed by atoms with Gasteiger partial charge in [-0.1, -0.05) is 0 Å². The topological polar surface area (TPSA) is 85.8 Å². The van der Waals surface area contributed by atoms with Crippen LogP contribution in [0.5, 0.6) is 17.6 Å². The summed E-state index contributed by atoms with van der Waals surface area (Å²) in [6, 6.07) is 9.22. The van der Waals surface area contributed by atoms with Crippen molar-refractivity contribution in [1.29, 1.82) is 0 Å². The van der Waals surface area contributed by atoms with Crippen LogP contribution in [0.2, 0.25) is 0 Å². The number of nitrogens with one attached hydrogen (secondary N) is 1. The molecule has 0 aliphatic carbocycles. The number of aromatic nitrogens is 2. The van der Waals surface area contributed by atoms with Crippen LogP contribution in [0.1, 0.15) is 19.8 Å². The Morgan fingerprint density at radius 3 is 2.63 bits per heavy atom. The molecule has 27 heavy (non-hydrogen) atoms. The molecular formula is C19H24N4O4. The third kappa shape index (κ3) is 5.22. The molecule has 2 aromatic rings. The standard InChI is InChI=1S/C19H24N4O4/c1-3-26-15-6-4-14(5-7-15)21-19(24)23-12-9-16(10-13-23)27-17-8-11-20-18(22-17)25-2/h4-8,11,16H,3,9-10,12-13H2,1-2H3,(H,21,24). The number of urea groups is 1. The molecule has 8 heteroatoms. The fourth-order valence-corrected chi connectivity index (χ4v) is 2.84. The molecule has 0 saturated carbocycles. The summed E-state index contributed by atoms with van der Waals surface area (Å²) in [7, 11) is 1.51. The predicted octanol–water partition coefficient (Wildman–Crippen LogP) is 2.96. The van der Waals surface area contributed by atoms with E-state index in [2.05, 4.69) is 15.3 Å². The van der Waals surface area contributed by atoms with Gasteiger partial charge in [0.15, 0.2) is 0 Å². The number of piperidine rings is 1. The average molecular weight is 372 g/mol. The molecule has 1 aliphatic heterocycles. The van der Waals surface area contributed by atoms with Crippen LogP contribution in [0, 0.1) is 0 Å². The Bertz CT molecular complexity index is 746. The lowest BCUT2D eigenvalue weighted by atomic mass is 10.1. The SMILES string of the molecule is CCOc1ccc(NC(=O)N2CCC(Oc3ccnc(OC)n3)CC2)cc1. The van der Waals surface area contributed by atoms with Gasteiger partial charge in [0, 0.05) is 43.9 Å². The summed E-state index contributed by atoms with van der Waals surface area (Å²) in [5.41, 5.74) is 0.745. The summed E-state index contributed by atoms with van der Waals surface area (Å²) in [5.74, 6) is 1.27. The Morgan fingerprint density at radius 1 is 1.22 bits per heavy atom. The normalized spacial score (nSPS) is 14.5.